The molecule has 0 unspecified atom stereocenters. The topological polar surface area (TPSA) is 35.5 Å². The number of ether oxygens (including phenoxy) is 2. The maximum atomic E-state index is 11.1. The van der Waals surface area contributed by atoms with Crippen LogP contribution in [0.4, 0.5) is 0 Å². The van der Waals surface area contributed by atoms with E-state index >= 15 is 0 Å². The van der Waals surface area contributed by atoms with Crippen molar-refractivity contribution in [1.82, 2.24) is 0 Å². The Labute approximate surface area is 93.3 Å². The molecule has 3 nitrogen and oxygen atoms in total. The molecule has 0 radical (unpaired) electrons. The highest BCUT2D eigenvalue weighted by Crippen LogP contribution is 2.17. The molecule has 0 atom stereocenters. The molecule has 0 amide bonds. The quantitative estimate of drug-likeness (QED) is 0.450. The first kappa shape index (κ1) is 11.6. The fourth-order valence-electron chi connectivity index (χ4n) is 0.898. The first-order chi connectivity index (χ1) is 7.13. The first-order valence-electron chi connectivity index (χ1n) is 4.43. The number of hydrogen-bond donors (Lipinski definition) is 0. The number of rotatable bonds is 4. The summed E-state index contributed by atoms with van der Waals surface area (Å²) in [6.07, 6.45) is 0. The first-order valence-corrected chi connectivity index (χ1v) is 4.80. The summed E-state index contributed by atoms with van der Waals surface area (Å²) in [4.78, 5) is 11.1. The summed E-state index contributed by atoms with van der Waals surface area (Å²) >= 11 is 5.69. The van der Waals surface area contributed by atoms with E-state index in [9.17, 15) is 4.79 Å². The van der Waals surface area contributed by atoms with Gasteiger partial charge in [-0.25, -0.2) is 4.79 Å². The lowest BCUT2D eigenvalue weighted by molar-refractivity contribution is -0.140. The Kier molecular flexibility index (Phi) is 4.18. The second kappa shape index (κ2) is 5.41. The number of esters is 1. The van der Waals surface area contributed by atoms with Crippen molar-refractivity contribution in [2.75, 3.05) is 6.61 Å². The second-order valence-corrected chi connectivity index (χ2v) is 3.14. The number of hydrogen-bond acceptors (Lipinski definition) is 3. The molecule has 1 rings (SSSR count). The van der Waals surface area contributed by atoms with Gasteiger partial charge in [0.2, 0.25) is 5.76 Å². The molecular formula is C11H11ClO3. The van der Waals surface area contributed by atoms with Gasteiger partial charge in [-0.15, -0.1) is 0 Å². The van der Waals surface area contributed by atoms with E-state index in [1.807, 2.05) is 0 Å². The van der Waals surface area contributed by atoms with E-state index in [2.05, 4.69) is 6.58 Å². The van der Waals surface area contributed by atoms with Gasteiger partial charge < -0.3 is 9.47 Å². The third-order valence-electron chi connectivity index (χ3n) is 1.56. The summed E-state index contributed by atoms with van der Waals surface area (Å²) in [7, 11) is 0. The average molecular weight is 227 g/mol. The highest BCUT2D eigenvalue weighted by atomic mass is 35.5. The van der Waals surface area contributed by atoms with Crippen LogP contribution in [0.2, 0.25) is 5.02 Å². The van der Waals surface area contributed by atoms with Crippen LogP contribution >= 0.6 is 11.6 Å². The van der Waals surface area contributed by atoms with Crippen molar-refractivity contribution in [3.63, 3.8) is 0 Å². The van der Waals surface area contributed by atoms with E-state index in [1.54, 1.807) is 31.2 Å². The predicted octanol–water partition coefficient (Wildman–Crippen LogP) is 2.80. The fraction of sp³-hybridized carbons (Fsp3) is 0.182. The maximum absolute atomic E-state index is 11.1. The Morgan fingerprint density at radius 3 is 2.53 bits per heavy atom. The van der Waals surface area contributed by atoms with E-state index in [4.69, 9.17) is 21.1 Å². The molecule has 0 bridgehead atoms. The number of halogens is 1. The summed E-state index contributed by atoms with van der Waals surface area (Å²) in [5.74, 6) is -0.107. The normalized spacial score (nSPS) is 9.47. The predicted molar refractivity (Wildman–Crippen MR) is 57.9 cm³/mol. The lowest BCUT2D eigenvalue weighted by atomic mass is 10.3. The van der Waals surface area contributed by atoms with Crippen LogP contribution in [-0.2, 0) is 9.53 Å². The molecule has 0 heterocycles. The molecule has 0 N–H and O–H groups in total. The molecule has 0 aliphatic rings. The lowest BCUT2D eigenvalue weighted by Crippen LogP contribution is -2.11. The minimum absolute atomic E-state index is 0.0424. The molecule has 0 saturated heterocycles. The lowest BCUT2D eigenvalue weighted by Gasteiger charge is -2.07. The third-order valence-corrected chi connectivity index (χ3v) is 1.81. The summed E-state index contributed by atoms with van der Waals surface area (Å²) in [5, 5.41) is 0.601. The van der Waals surface area contributed by atoms with E-state index in [-0.39, 0.29) is 5.76 Å². The van der Waals surface area contributed by atoms with Crippen molar-refractivity contribution in [2.45, 2.75) is 6.92 Å². The Balaban J connectivity index is 2.58. The molecule has 15 heavy (non-hydrogen) atoms. The van der Waals surface area contributed by atoms with Gasteiger partial charge in [0.05, 0.1) is 6.61 Å². The fourth-order valence-corrected chi connectivity index (χ4v) is 1.02. The van der Waals surface area contributed by atoms with Gasteiger partial charge in [0.15, 0.2) is 0 Å². The minimum Gasteiger partial charge on any atom is -0.460 e. The number of benzene rings is 1. The smallest absolute Gasteiger partial charge is 0.373 e. The van der Waals surface area contributed by atoms with E-state index in [0.717, 1.165) is 0 Å². The van der Waals surface area contributed by atoms with Crippen LogP contribution in [0.15, 0.2) is 36.6 Å². The number of carbonyl (C=O) groups is 1. The molecule has 1 aromatic rings. The maximum Gasteiger partial charge on any atom is 0.373 e. The number of carbonyl (C=O) groups excluding carboxylic acids is 1. The zero-order valence-corrected chi connectivity index (χ0v) is 9.08. The van der Waals surface area contributed by atoms with Gasteiger partial charge in [-0.05, 0) is 37.8 Å². The van der Waals surface area contributed by atoms with Crippen molar-refractivity contribution in [1.29, 1.82) is 0 Å². The van der Waals surface area contributed by atoms with Gasteiger partial charge in [-0.1, -0.05) is 11.6 Å². The zero-order valence-electron chi connectivity index (χ0n) is 8.33. The molecule has 4 heteroatoms. The minimum atomic E-state index is -0.563. The zero-order chi connectivity index (χ0) is 11.3. The SMILES string of the molecule is C=C(Oc1ccc(Cl)cc1)C(=O)OCC. The van der Waals surface area contributed by atoms with E-state index < -0.39 is 5.97 Å². The highest BCUT2D eigenvalue weighted by Gasteiger charge is 2.09. The molecule has 0 saturated carbocycles. The summed E-state index contributed by atoms with van der Waals surface area (Å²) in [5.41, 5.74) is 0. The van der Waals surface area contributed by atoms with E-state index in [0.29, 0.717) is 17.4 Å². The van der Waals surface area contributed by atoms with E-state index in [1.165, 1.54) is 0 Å². The molecule has 0 aliphatic heterocycles. The Morgan fingerprint density at radius 1 is 1.40 bits per heavy atom. The largest absolute Gasteiger partial charge is 0.460 e. The van der Waals surface area contributed by atoms with Gasteiger partial charge in [-0.3, -0.25) is 0 Å². The molecule has 0 aromatic heterocycles. The molecular weight excluding hydrogens is 216 g/mol. The van der Waals surface area contributed by atoms with Crippen molar-refractivity contribution >= 4 is 17.6 Å². The molecule has 0 aliphatic carbocycles. The van der Waals surface area contributed by atoms with Gasteiger partial charge in [0.1, 0.15) is 5.75 Å². The van der Waals surface area contributed by atoms with Crippen LogP contribution in [0.3, 0.4) is 0 Å². The van der Waals surface area contributed by atoms with Crippen LogP contribution in [0.25, 0.3) is 0 Å². The van der Waals surface area contributed by atoms with Crippen molar-refractivity contribution < 1.29 is 14.3 Å². The Hall–Kier alpha value is -1.48. The van der Waals surface area contributed by atoms with Gasteiger partial charge >= 0.3 is 5.97 Å². The van der Waals surface area contributed by atoms with Crippen LogP contribution in [-0.4, -0.2) is 12.6 Å². The molecule has 0 spiro atoms. The molecule has 80 valence electrons. The van der Waals surface area contributed by atoms with Crippen LogP contribution in [0.1, 0.15) is 6.92 Å². The van der Waals surface area contributed by atoms with Crippen LogP contribution in [0.5, 0.6) is 5.75 Å². The average Bonchev–Trinajstić information content (AvgIpc) is 2.22. The summed E-state index contributed by atoms with van der Waals surface area (Å²) in [6, 6.07) is 6.62. The van der Waals surface area contributed by atoms with Gasteiger partial charge in [0, 0.05) is 5.02 Å². The monoisotopic (exact) mass is 226 g/mol. The van der Waals surface area contributed by atoms with Crippen molar-refractivity contribution in [3.05, 3.63) is 41.6 Å². The second-order valence-electron chi connectivity index (χ2n) is 2.70. The summed E-state index contributed by atoms with van der Waals surface area (Å²) < 4.78 is 9.87. The highest BCUT2D eigenvalue weighted by molar-refractivity contribution is 6.30. The Morgan fingerprint density at radius 2 is 2.00 bits per heavy atom. The van der Waals surface area contributed by atoms with Gasteiger partial charge in [0.25, 0.3) is 0 Å². The standard InChI is InChI=1S/C11H11ClO3/c1-3-14-11(13)8(2)15-10-6-4-9(12)5-7-10/h4-7H,2-3H2,1H3. The van der Waals surface area contributed by atoms with Crippen molar-refractivity contribution in [2.24, 2.45) is 0 Å². The van der Waals surface area contributed by atoms with Crippen molar-refractivity contribution in [3.8, 4) is 5.75 Å². The third kappa shape index (κ3) is 3.64. The summed E-state index contributed by atoms with van der Waals surface area (Å²) in [6.45, 7) is 5.47. The Bertz CT molecular complexity index is 357. The molecule has 1 aromatic carbocycles. The van der Waals surface area contributed by atoms with Crippen LogP contribution < -0.4 is 4.74 Å². The van der Waals surface area contributed by atoms with Gasteiger partial charge in [-0.2, -0.15) is 0 Å². The molecule has 0 fully saturated rings. The van der Waals surface area contributed by atoms with Crippen LogP contribution in [0, 0.1) is 0 Å².